The zero-order chi connectivity index (χ0) is 34.1. The quantitative estimate of drug-likeness (QED) is 0.0969. The third kappa shape index (κ3) is 9.52. The highest BCUT2D eigenvalue weighted by atomic mass is 16.5. The first kappa shape index (κ1) is 37.0. The summed E-state index contributed by atoms with van der Waals surface area (Å²) in [4.78, 5) is 25.0. The van der Waals surface area contributed by atoms with Gasteiger partial charge in [-0.3, -0.25) is 9.48 Å². The number of aryl methyl sites for hydroxylation is 1. The average Bonchev–Trinajstić information content (AvgIpc) is 3.51. The van der Waals surface area contributed by atoms with Crippen LogP contribution in [0.25, 0.3) is 0 Å². The van der Waals surface area contributed by atoms with Gasteiger partial charge in [0.2, 0.25) is 0 Å². The minimum absolute atomic E-state index is 0.0375. The van der Waals surface area contributed by atoms with E-state index in [9.17, 15) is 9.59 Å². The van der Waals surface area contributed by atoms with E-state index < -0.39 is 5.97 Å². The molecule has 0 N–H and O–H groups in total. The summed E-state index contributed by atoms with van der Waals surface area (Å²) in [5, 5.41) is 8.08. The van der Waals surface area contributed by atoms with Crippen molar-refractivity contribution in [1.82, 2.24) is 15.0 Å². The van der Waals surface area contributed by atoms with Crippen LogP contribution in [0.4, 0.5) is 0 Å². The van der Waals surface area contributed by atoms with Gasteiger partial charge >= 0.3 is 11.9 Å². The van der Waals surface area contributed by atoms with E-state index in [1.54, 1.807) is 10.9 Å². The standard InChI is InChI=1S/C39H57N3O4/c1-11-38(9)19-17-31(22-33(38)27(3)4)29(7)25-45-36(43)16-14-13-15-21-42-24-35(40-41-42)37(44)46-26-30(8)32-18-20-39(10,12-2)34(23-32)28(5)6/h11-12,24,31-34H,1-3,5,7-8,13-23,25-26H2,4,6,9-10H3/t31-,32-,33+,34+,38-,39-/m1/s1. The van der Waals surface area contributed by atoms with E-state index in [4.69, 9.17) is 9.47 Å². The van der Waals surface area contributed by atoms with E-state index in [0.29, 0.717) is 30.7 Å². The van der Waals surface area contributed by atoms with Crippen LogP contribution in [0.3, 0.4) is 0 Å². The van der Waals surface area contributed by atoms with Crippen molar-refractivity contribution < 1.29 is 19.1 Å². The second kappa shape index (κ2) is 16.4. The molecule has 2 fully saturated rings. The Hall–Kier alpha value is -3.48. The number of unbranched alkanes of at least 4 members (excludes halogenated alkanes) is 2. The topological polar surface area (TPSA) is 83.3 Å². The Morgan fingerprint density at radius 1 is 0.870 bits per heavy atom. The predicted octanol–water partition coefficient (Wildman–Crippen LogP) is 9.02. The zero-order valence-electron chi connectivity index (χ0n) is 29.0. The summed E-state index contributed by atoms with van der Waals surface area (Å²) < 4.78 is 12.7. The molecule has 1 aromatic heterocycles. The fraction of sp³-hybridized carbons (Fsp3) is 0.590. The molecule has 0 bridgehead atoms. The Labute approximate surface area is 277 Å². The number of allylic oxidation sites excluding steroid dienone is 4. The summed E-state index contributed by atoms with van der Waals surface area (Å²) >= 11 is 0. The van der Waals surface area contributed by atoms with Crippen LogP contribution in [-0.4, -0.2) is 40.1 Å². The second-order valence-electron chi connectivity index (χ2n) is 14.4. The summed E-state index contributed by atoms with van der Waals surface area (Å²) in [5.41, 5.74) is 4.50. The molecule has 252 valence electrons. The predicted molar refractivity (Wildman–Crippen MR) is 186 cm³/mol. The third-order valence-electron chi connectivity index (χ3n) is 10.8. The van der Waals surface area contributed by atoms with Gasteiger partial charge in [0.25, 0.3) is 0 Å². The molecule has 0 aromatic carbocycles. The van der Waals surface area contributed by atoms with Gasteiger partial charge in [0.15, 0.2) is 5.69 Å². The lowest BCUT2D eigenvalue weighted by Crippen LogP contribution is -2.34. The number of ether oxygens (including phenoxy) is 2. The van der Waals surface area contributed by atoms with Crippen molar-refractivity contribution in [3.05, 3.63) is 85.8 Å². The number of esters is 2. The first-order valence-corrected chi connectivity index (χ1v) is 16.9. The van der Waals surface area contributed by atoms with Gasteiger partial charge in [-0.15, -0.1) is 18.3 Å². The fourth-order valence-corrected chi connectivity index (χ4v) is 7.35. The SMILES string of the molecule is C=C[C@]1(C)CC[C@@H](C(=C)COC(=O)CCCCCn2cc(C(=O)OCC(=C)[C@@H]3CC[C@@](C)(C=C)[C@H](C(=C)C)C3)nn2)C[C@H]1C(=C)C. The number of rotatable bonds is 17. The molecule has 7 nitrogen and oxygen atoms in total. The van der Waals surface area contributed by atoms with Crippen LogP contribution in [0.5, 0.6) is 0 Å². The van der Waals surface area contributed by atoms with Gasteiger partial charge in [-0.2, -0.15) is 0 Å². The van der Waals surface area contributed by atoms with Crippen LogP contribution in [0, 0.1) is 34.5 Å². The van der Waals surface area contributed by atoms with Gasteiger partial charge in [0.05, 0.1) is 6.20 Å². The van der Waals surface area contributed by atoms with Crippen molar-refractivity contribution in [3.8, 4) is 0 Å². The maximum absolute atomic E-state index is 12.6. The van der Waals surface area contributed by atoms with Crippen LogP contribution >= 0.6 is 0 Å². The van der Waals surface area contributed by atoms with E-state index in [1.165, 1.54) is 5.57 Å². The van der Waals surface area contributed by atoms with E-state index in [-0.39, 0.29) is 41.6 Å². The Morgan fingerprint density at radius 3 is 1.89 bits per heavy atom. The lowest BCUT2D eigenvalue weighted by Gasteiger charge is -2.43. The van der Waals surface area contributed by atoms with E-state index in [1.807, 2.05) is 0 Å². The highest BCUT2D eigenvalue weighted by Crippen LogP contribution is 2.49. The molecule has 0 aliphatic heterocycles. The zero-order valence-corrected chi connectivity index (χ0v) is 29.0. The molecule has 3 rings (SSSR count). The largest absolute Gasteiger partial charge is 0.461 e. The highest BCUT2D eigenvalue weighted by Gasteiger charge is 2.40. The minimum Gasteiger partial charge on any atom is -0.461 e. The molecule has 0 radical (unpaired) electrons. The van der Waals surface area contributed by atoms with Crippen molar-refractivity contribution in [2.24, 2.45) is 34.5 Å². The molecule has 2 aliphatic carbocycles. The number of carbonyl (C=O) groups is 2. The van der Waals surface area contributed by atoms with Crippen LogP contribution in [0.15, 0.2) is 80.1 Å². The lowest BCUT2D eigenvalue weighted by atomic mass is 9.61. The molecule has 0 saturated heterocycles. The Morgan fingerprint density at radius 2 is 1.39 bits per heavy atom. The van der Waals surface area contributed by atoms with Crippen molar-refractivity contribution >= 4 is 11.9 Å². The van der Waals surface area contributed by atoms with Crippen molar-refractivity contribution in [2.45, 2.75) is 98.4 Å². The number of hydrogen-bond donors (Lipinski definition) is 0. The summed E-state index contributed by atoms with van der Waals surface area (Å²) in [6.45, 7) is 34.7. The number of hydrogen-bond acceptors (Lipinski definition) is 6. The van der Waals surface area contributed by atoms with E-state index in [2.05, 4.69) is 89.6 Å². The second-order valence-corrected chi connectivity index (χ2v) is 14.4. The van der Waals surface area contributed by atoms with Gasteiger partial charge in [0, 0.05) is 13.0 Å². The highest BCUT2D eigenvalue weighted by molar-refractivity contribution is 5.86. The summed E-state index contributed by atoms with van der Waals surface area (Å²) in [5.74, 6) is 0.590. The Balaban J connectivity index is 1.32. The molecule has 7 heteroatoms. The van der Waals surface area contributed by atoms with Crippen molar-refractivity contribution in [2.75, 3.05) is 13.2 Å². The lowest BCUT2D eigenvalue weighted by molar-refractivity contribution is -0.143. The molecular weight excluding hydrogens is 574 g/mol. The third-order valence-corrected chi connectivity index (χ3v) is 10.8. The van der Waals surface area contributed by atoms with Crippen LogP contribution in [-0.2, 0) is 20.8 Å². The van der Waals surface area contributed by atoms with Gasteiger partial charge < -0.3 is 9.47 Å². The Bertz CT molecular complexity index is 1320. The molecule has 46 heavy (non-hydrogen) atoms. The van der Waals surface area contributed by atoms with E-state index >= 15 is 0 Å². The van der Waals surface area contributed by atoms with Crippen LogP contribution in [0.1, 0.15) is 102 Å². The van der Waals surface area contributed by atoms with Gasteiger partial charge in [0.1, 0.15) is 13.2 Å². The Kier molecular flexibility index (Phi) is 13.2. The number of aromatic nitrogens is 3. The first-order chi connectivity index (χ1) is 21.7. The molecule has 1 heterocycles. The molecule has 1 aromatic rings. The molecule has 0 spiro atoms. The van der Waals surface area contributed by atoms with Crippen LogP contribution in [0.2, 0.25) is 0 Å². The van der Waals surface area contributed by atoms with E-state index in [0.717, 1.165) is 74.5 Å². The molecule has 2 aliphatic rings. The smallest absolute Gasteiger partial charge is 0.360 e. The normalized spacial score (nSPS) is 27.7. The molecule has 6 atom stereocenters. The number of carbonyl (C=O) groups excluding carboxylic acids is 2. The monoisotopic (exact) mass is 631 g/mol. The minimum atomic E-state index is -0.502. The number of nitrogens with zero attached hydrogens (tertiary/aromatic N) is 3. The average molecular weight is 632 g/mol. The summed E-state index contributed by atoms with van der Waals surface area (Å²) in [6, 6.07) is 0. The fourth-order valence-electron chi connectivity index (χ4n) is 7.35. The van der Waals surface area contributed by atoms with Gasteiger partial charge in [-0.25, -0.2) is 4.79 Å². The van der Waals surface area contributed by atoms with Crippen molar-refractivity contribution in [3.63, 3.8) is 0 Å². The molecular formula is C39H57N3O4. The van der Waals surface area contributed by atoms with Crippen molar-refractivity contribution in [1.29, 1.82) is 0 Å². The first-order valence-electron chi connectivity index (χ1n) is 16.9. The molecule has 0 unspecified atom stereocenters. The summed E-state index contributed by atoms with van der Waals surface area (Å²) in [7, 11) is 0. The van der Waals surface area contributed by atoms with Gasteiger partial charge in [-0.1, -0.05) is 75.1 Å². The maximum atomic E-state index is 12.6. The summed E-state index contributed by atoms with van der Waals surface area (Å²) in [6.07, 6.45) is 14.4. The molecule has 0 amide bonds. The van der Waals surface area contributed by atoms with Gasteiger partial charge in [-0.05, 0) is 111 Å². The maximum Gasteiger partial charge on any atom is 0.360 e. The molecule has 2 saturated carbocycles. The van der Waals surface area contributed by atoms with Crippen LogP contribution < -0.4 is 0 Å².